The van der Waals surface area contributed by atoms with Crippen molar-refractivity contribution in [3.63, 3.8) is 0 Å². The Morgan fingerprint density at radius 3 is 0.853 bits per heavy atom. The summed E-state index contributed by atoms with van der Waals surface area (Å²) in [6, 6.07) is 0. The van der Waals surface area contributed by atoms with E-state index >= 15 is 0 Å². The number of carbonyl (C=O) groups is 2. The third-order valence-corrected chi connectivity index (χ3v) is 14.7. The second kappa shape index (κ2) is 33.1. The molecule has 2 aromatic rings. The van der Waals surface area contributed by atoms with Crippen LogP contribution in [-0.4, -0.2) is 40.0 Å². The normalized spacial score (nSPS) is 13.8. The monoisotopic (exact) mass is 945 g/mol. The van der Waals surface area contributed by atoms with Gasteiger partial charge in [-0.2, -0.15) is 0 Å². The van der Waals surface area contributed by atoms with E-state index in [0.717, 1.165) is 117 Å². The first kappa shape index (κ1) is 62.5. The maximum absolute atomic E-state index is 13.2. The van der Waals surface area contributed by atoms with Crippen LogP contribution < -0.4 is 18.9 Å². The SMILES string of the molecule is COc1c(C)c(C)c(OC)c(C(=O)/C=C(\C)CCCC(C)CCCC(C)CCCC(C)C)c1C.COc1c(C)c(C)c(OC)c(C(=O)C=C(C)CCCC(C)CCCC(C)CCCC(C)C)c1C. The third kappa shape index (κ3) is 21.6. The predicted octanol–water partition coefficient (Wildman–Crippen LogP) is 18.4. The quantitative estimate of drug-likeness (QED) is 0.0538. The number of ketones is 2. The molecule has 0 aromatic heterocycles. The van der Waals surface area contributed by atoms with E-state index in [1.807, 2.05) is 41.5 Å². The van der Waals surface area contributed by atoms with Gasteiger partial charge in [0.2, 0.25) is 0 Å². The molecule has 0 N–H and O–H groups in total. The van der Waals surface area contributed by atoms with E-state index in [4.69, 9.17) is 18.9 Å². The summed E-state index contributed by atoms with van der Waals surface area (Å²) in [7, 11) is 6.58. The van der Waals surface area contributed by atoms with Gasteiger partial charge in [-0.15, -0.1) is 0 Å². The molecular formula is C62H104O6. The number of hydrogen-bond acceptors (Lipinski definition) is 6. The Morgan fingerprint density at radius 2 is 0.603 bits per heavy atom. The van der Waals surface area contributed by atoms with Crippen LogP contribution in [0, 0.1) is 77.0 Å². The molecule has 0 amide bonds. The molecule has 6 nitrogen and oxygen atoms in total. The highest BCUT2D eigenvalue weighted by atomic mass is 16.5. The van der Waals surface area contributed by atoms with Crippen LogP contribution in [0.1, 0.15) is 239 Å². The predicted molar refractivity (Wildman–Crippen MR) is 293 cm³/mol. The fourth-order valence-corrected chi connectivity index (χ4v) is 10.1. The molecule has 0 radical (unpaired) electrons. The minimum atomic E-state index is 0.00718. The lowest BCUT2D eigenvalue weighted by Gasteiger charge is -2.19. The van der Waals surface area contributed by atoms with Gasteiger partial charge in [0.1, 0.15) is 23.0 Å². The molecule has 4 unspecified atom stereocenters. The summed E-state index contributed by atoms with van der Waals surface area (Å²) in [6.07, 6.45) is 26.5. The third-order valence-electron chi connectivity index (χ3n) is 14.7. The maximum atomic E-state index is 13.2. The van der Waals surface area contributed by atoms with Crippen molar-refractivity contribution in [1.29, 1.82) is 0 Å². The number of benzene rings is 2. The Balaban J connectivity index is 0.000000680. The van der Waals surface area contributed by atoms with E-state index in [1.165, 1.54) is 89.9 Å². The molecule has 2 rings (SSSR count). The number of allylic oxidation sites excluding steroid dienone is 4. The molecule has 0 aliphatic heterocycles. The Labute approximate surface area is 419 Å². The smallest absolute Gasteiger partial charge is 0.189 e. The molecule has 0 fully saturated rings. The fraction of sp³-hybridized carbons (Fsp3) is 0.710. The largest absolute Gasteiger partial charge is 0.496 e. The Morgan fingerprint density at radius 1 is 0.368 bits per heavy atom. The lowest BCUT2D eigenvalue weighted by Crippen LogP contribution is -2.08. The average Bonchev–Trinajstić information content (AvgIpc) is 3.26. The van der Waals surface area contributed by atoms with Crippen molar-refractivity contribution in [2.24, 2.45) is 35.5 Å². The zero-order valence-electron chi connectivity index (χ0n) is 47.8. The van der Waals surface area contributed by atoms with Gasteiger partial charge in [0.25, 0.3) is 0 Å². The molecule has 0 spiro atoms. The number of carbonyl (C=O) groups excluding carboxylic acids is 2. The summed E-state index contributed by atoms with van der Waals surface area (Å²) >= 11 is 0. The fourth-order valence-electron chi connectivity index (χ4n) is 10.1. The Kier molecular flexibility index (Phi) is 30.4. The Bertz CT molecular complexity index is 1740. The van der Waals surface area contributed by atoms with Crippen molar-refractivity contribution >= 4 is 11.6 Å². The molecule has 0 bridgehead atoms. The number of methoxy groups -OCH3 is 4. The van der Waals surface area contributed by atoms with Gasteiger partial charge in [0, 0.05) is 11.1 Å². The summed E-state index contributed by atoms with van der Waals surface area (Å²) in [4.78, 5) is 26.4. The summed E-state index contributed by atoms with van der Waals surface area (Å²) < 4.78 is 22.4. The molecule has 68 heavy (non-hydrogen) atoms. The van der Waals surface area contributed by atoms with E-state index in [-0.39, 0.29) is 11.6 Å². The first-order valence-corrected chi connectivity index (χ1v) is 26.9. The second-order valence-electron chi connectivity index (χ2n) is 22.1. The van der Waals surface area contributed by atoms with Crippen molar-refractivity contribution < 1.29 is 28.5 Å². The van der Waals surface area contributed by atoms with Crippen LogP contribution in [0.3, 0.4) is 0 Å². The molecular weight excluding hydrogens is 841 g/mol. The van der Waals surface area contributed by atoms with Crippen LogP contribution >= 0.6 is 0 Å². The van der Waals surface area contributed by atoms with E-state index in [1.54, 1.807) is 40.6 Å². The van der Waals surface area contributed by atoms with Crippen molar-refractivity contribution in [1.82, 2.24) is 0 Å². The molecule has 2 aromatic carbocycles. The van der Waals surface area contributed by atoms with Gasteiger partial charge in [0.15, 0.2) is 11.6 Å². The molecule has 0 heterocycles. The van der Waals surface area contributed by atoms with Gasteiger partial charge in [-0.05, 0) is 151 Å². The topological polar surface area (TPSA) is 71.1 Å². The molecule has 0 saturated heterocycles. The van der Waals surface area contributed by atoms with Crippen LogP contribution in [0.25, 0.3) is 0 Å². The van der Waals surface area contributed by atoms with Gasteiger partial charge in [-0.25, -0.2) is 0 Å². The highest BCUT2D eigenvalue weighted by molar-refractivity contribution is 6.09. The van der Waals surface area contributed by atoms with Crippen LogP contribution in [0.2, 0.25) is 0 Å². The van der Waals surface area contributed by atoms with Gasteiger partial charge < -0.3 is 18.9 Å². The van der Waals surface area contributed by atoms with Crippen molar-refractivity contribution in [2.75, 3.05) is 28.4 Å². The average molecular weight is 946 g/mol. The summed E-state index contributed by atoms with van der Waals surface area (Å²) in [5, 5.41) is 0. The second-order valence-corrected chi connectivity index (χ2v) is 22.1. The molecule has 6 heteroatoms. The molecule has 0 saturated carbocycles. The maximum Gasteiger partial charge on any atom is 0.189 e. The first-order valence-electron chi connectivity index (χ1n) is 26.9. The van der Waals surface area contributed by atoms with Crippen molar-refractivity contribution in [3.8, 4) is 23.0 Å². The van der Waals surface area contributed by atoms with E-state index in [0.29, 0.717) is 22.6 Å². The zero-order chi connectivity index (χ0) is 51.7. The standard InChI is InChI=1S/2C31H52O3/c2*1-21(2)14-11-15-22(3)16-12-17-23(4)18-13-19-24(5)20-28(32)29-27(8)30(33-9)25(6)26(7)31(29)34-10/h2*20-23H,11-19H2,1-10H3/b24-20+;. The minimum absolute atomic E-state index is 0.00718. The molecule has 388 valence electrons. The molecule has 4 atom stereocenters. The van der Waals surface area contributed by atoms with Gasteiger partial charge in [-0.1, -0.05) is 156 Å². The van der Waals surface area contributed by atoms with Crippen LogP contribution in [0.5, 0.6) is 23.0 Å². The summed E-state index contributed by atoms with van der Waals surface area (Å²) in [6.45, 7) is 34.9. The Hall–Kier alpha value is -3.54. The summed E-state index contributed by atoms with van der Waals surface area (Å²) in [5.74, 6) is 7.75. The van der Waals surface area contributed by atoms with Crippen LogP contribution in [0.4, 0.5) is 0 Å². The van der Waals surface area contributed by atoms with Crippen molar-refractivity contribution in [2.45, 2.75) is 226 Å². The van der Waals surface area contributed by atoms with E-state index < -0.39 is 0 Å². The van der Waals surface area contributed by atoms with Crippen molar-refractivity contribution in [3.05, 3.63) is 67.8 Å². The number of hydrogen-bond donors (Lipinski definition) is 0. The molecule has 0 aliphatic rings. The lowest BCUT2D eigenvalue weighted by molar-refractivity contribution is 0.103. The van der Waals surface area contributed by atoms with E-state index in [2.05, 4.69) is 69.2 Å². The highest BCUT2D eigenvalue weighted by Gasteiger charge is 2.24. The molecule has 0 aliphatic carbocycles. The minimum Gasteiger partial charge on any atom is -0.496 e. The lowest BCUT2D eigenvalue weighted by atomic mass is 9.91. The van der Waals surface area contributed by atoms with Crippen LogP contribution in [-0.2, 0) is 0 Å². The first-order chi connectivity index (χ1) is 32.1. The van der Waals surface area contributed by atoms with Gasteiger partial charge in [0.05, 0.1) is 39.6 Å². The highest BCUT2D eigenvalue weighted by Crippen LogP contribution is 2.40. The zero-order valence-corrected chi connectivity index (χ0v) is 47.8. The number of rotatable bonds is 32. The van der Waals surface area contributed by atoms with Gasteiger partial charge >= 0.3 is 0 Å². The van der Waals surface area contributed by atoms with Crippen LogP contribution in [0.15, 0.2) is 23.3 Å². The number of ether oxygens (including phenoxy) is 4. The van der Waals surface area contributed by atoms with E-state index in [9.17, 15) is 9.59 Å². The summed E-state index contributed by atoms with van der Waals surface area (Å²) in [5.41, 5.74) is 9.18. The van der Waals surface area contributed by atoms with Gasteiger partial charge in [-0.3, -0.25) is 9.59 Å².